The summed E-state index contributed by atoms with van der Waals surface area (Å²) in [5.74, 6) is -0.997. The zero-order chi connectivity index (χ0) is 17.8. The van der Waals surface area contributed by atoms with E-state index in [1.807, 2.05) is 30.3 Å². The molecule has 3 aromatic rings. The van der Waals surface area contributed by atoms with E-state index in [-0.39, 0.29) is 17.9 Å². The van der Waals surface area contributed by atoms with Crippen molar-refractivity contribution < 1.29 is 19.4 Å². The SMILES string of the molecule is O=C(COc1ccc2ccccc2c1Br)Nc1ccccc1C(=O)O. The van der Waals surface area contributed by atoms with Crippen molar-refractivity contribution in [2.75, 3.05) is 11.9 Å². The molecule has 0 aliphatic rings. The van der Waals surface area contributed by atoms with E-state index >= 15 is 0 Å². The van der Waals surface area contributed by atoms with Crippen LogP contribution in [0.15, 0.2) is 65.1 Å². The Labute approximate surface area is 152 Å². The van der Waals surface area contributed by atoms with Gasteiger partial charge in [0.15, 0.2) is 6.61 Å². The van der Waals surface area contributed by atoms with Crippen LogP contribution in [0.2, 0.25) is 0 Å². The Morgan fingerprint density at radius 2 is 1.72 bits per heavy atom. The number of nitrogens with one attached hydrogen (secondary N) is 1. The van der Waals surface area contributed by atoms with Gasteiger partial charge < -0.3 is 15.2 Å². The maximum absolute atomic E-state index is 12.1. The Bertz CT molecular complexity index is 955. The summed E-state index contributed by atoms with van der Waals surface area (Å²) in [5, 5.41) is 13.7. The largest absolute Gasteiger partial charge is 0.483 e. The van der Waals surface area contributed by atoms with Gasteiger partial charge >= 0.3 is 5.97 Å². The second kappa shape index (κ2) is 7.36. The number of carboxylic acids is 1. The van der Waals surface area contributed by atoms with Crippen LogP contribution in [0.5, 0.6) is 5.75 Å². The Kier molecular flexibility index (Phi) is 5.00. The Morgan fingerprint density at radius 1 is 1.00 bits per heavy atom. The van der Waals surface area contributed by atoms with Gasteiger partial charge in [0.1, 0.15) is 5.75 Å². The average Bonchev–Trinajstić information content (AvgIpc) is 2.61. The lowest BCUT2D eigenvalue weighted by molar-refractivity contribution is -0.118. The molecule has 3 aromatic carbocycles. The third-order valence-electron chi connectivity index (χ3n) is 3.62. The fraction of sp³-hybridized carbons (Fsp3) is 0.0526. The summed E-state index contributed by atoms with van der Waals surface area (Å²) >= 11 is 3.50. The molecule has 0 heterocycles. The minimum absolute atomic E-state index is 0.0303. The van der Waals surface area contributed by atoms with Gasteiger partial charge in [0, 0.05) is 0 Å². The predicted molar refractivity (Wildman–Crippen MR) is 99.2 cm³/mol. The highest BCUT2D eigenvalue weighted by atomic mass is 79.9. The van der Waals surface area contributed by atoms with E-state index < -0.39 is 11.9 Å². The summed E-state index contributed by atoms with van der Waals surface area (Å²) in [5.41, 5.74) is 0.268. The first-order valence-electron chi connectivity index (χ1n) is 7.48. The normalized spacial score (nSPS) is 10.4. The van der Waals surface area contributed by atoms with Crippen LogP contribution in [0.4, 0.5) is 5.69 Å². The lowest BCUT2D eigenvalue weighted by atomic mass is 10.1. The van der Waals surface area contributed by atoms with Crippen molar-refractivity contribution in [2.24, 2.45) is 0 Å². The highest BCUT2D eigenvalue weighted by Gasteiger charge is 2.13. The van der Waals surface area contributed by atoms with E-state index in [1.54, 1.807) is 18.2 Å². The summed E-state index contributed by atoms with van der Waals surface area (Å²) in [6.07, 6.45) is 0. The number of halogens is 1. The summed E-state index contributed by atoms with van der Waals surface area (Å²) in [7, 11) is 0. The van der Waals surface area contributed by atoms with Crippen LogP contribution in [0.25, 0.3) is 10.8 Å². The molecule has 5 nitrogen and oxygen atoms in total. The molecular weight excluding hydrogens is 386 g/mol. The number of aromatic carboxylic acids is 1. The van der Waals surface area contributed by atoms with Crippen LogP contribution in [0.1, 0.15) is 10.4 Å². The van der Waals surface area contributed by atoms with Gasteiger partial charge in [0.05, 0.1) is 15.7 Å². The van der Waals surface area contributed by atoms with Crippen LogP contribution >= 0.6 is 15.9 Å². The zero-order valence-corrected chi connectivity index (χ0v) is 14.6. The number of fused-ring (bicyclic) bond motifs is 1. The summed E-state index contributed by atoms with van der Waals surface area (Å²) in [6.45, 7) is -0.231. The molecule has 0 aromatic heterocycles. The number of hydrogen-bond acceptors (Lipinski definition) is 3. The molecule has 2 N–H and O–H groups in total. The van der Waals surface area contributed by atoms with Crippen LogP contribution < -0.4 is 10.1 Å². The van der Waals surface area contributed by atoms with Gasteiger partial charge in [0.25, 0.3) is 5.91 Å². The molecule has 0 atom stereocenters. The highest BCUT2D eigenvalue weighted by molar-refractivity contribution is 9.10. The van der Waals surface area contributed by atoms with Gasteiger partial charge in [-0.1, -0.05) is 42.5 Å². The molecule has 1 amide bonds. The summed E-state index contributed by atoms with van der Waals surface area (Å²) in [4.78, 5) is 23.3. The number of para-hydroxylation sites is 1. The minimum atomic E-state index is -1.10. The smallest absolute Gasteiger partial charge is 0.337 e. The van der Waals surface area contributed by atoms with Gasteiger partial charge in [0.2, 0.25) is 0 Å². The van der Waals surface area contributed by atoms with E-state index in [0.29, 0.717) is 5.75 Å². The lowest BCUT2D eigenvalue weighted by Gasteiger charge is -2.11. The van der Waals surface area contributed by atoms with Crippen molar-refractivity contribution in [1.82, 2.24) is 0 Å². The second-order valence-corrected chi connectivity index (χ2v) is 6.08. The highest BCUT2D eigenvalue weighted by Crippen LogP contribution is 2.33. The van der Waals surface area contributed by atoms with Crippen molar-refractivity contribution in [2.45, 2.75) is 0 Å². The Hall–Kier alpha value is -2.86. The fourth-order valence-corrected chi connectivity index (χ4v) is 3.04. The molecular formula is C19H14BrNO4. The van der Waals surface area contributed by atoms with Crippen LogP contribution in [0, 0.1) is 0 Å². The first-order chi connectivity index (χ1) is 12.1. The molecule has 0 radical (unpaired) electrons. The Morgan fingerprint density at radius 3 is 2.52 bits per heavy atom. The molecule has 0 saturated carbocycles. The molecule has 25 heavy (non-hydrogen) atoms. The van der Waals surface area contributed by atoms with Crippen molar-refractivity contribution >= 4 is 44.3 Å². The molecule has 126 valence electrons. The molecule has 0 unspecified atom stereocenters. The monoisotopic (exact) mass is 399 g/mol. The maximum Gasteiger partial charge on any atom is 0.337 e. The number of rotatable bonds is 5. The van der Waals surface area contributed by atoms with Gasteiger partial charge in [-0.05, 0) is 44.9 Å². The number of carbonyl (C=O) groups excluding carboxylic acids is 1. The standard InChI is InChI=1S/C19H14BrNO4/c20-18-13-6-2-1-5-12(13)9-10-16(18)25-11-17(22)21-15-8-4-3-7-14(15)19(23)24/h1-10H,11H2,(H,21,22)(H,23,24). The molecule has 0 bridgehead atoms. The Balaban J connectivity index is 1.71. The van der Waals surface area contributed by atoms with E-state index in [2.05, 4.69) is 21.2 Å². The van der Waals surface area contributed by atoms with Gasteiger partial charge in [-0.25, -0.2) is 4.79 Å². The molecule has 0 fully saturated rings. The zero-order valence-electron chi connectivity index (χ0n) is 13.0. The van der Waals surface area contributed by atoms with Crippen molar-refractivity contribution in [3.63, 3.8) is 0 Å². The number of ether oxygens (including phenoxy) is 1. The molecule has 0 saturated heterocycles. The van der Waals surface area contributed by atoms with Gasteiger partial charge in [-0.3, -0.25) is 4.79 Å². The van der Waals surface area contributed by atoms with Crippen molar-refractivity contribution in [3.8, 4) is 5.75 Å². The molecule has 3 rings (SSSR count). The number of anilines is 1. The molecule has 0 aliphatic carbocycles. The van der Waals surface area contributed by atoms with Crippen molar-refractivity contribution in [3.05, 3.63) is 70.7 Å². The van der Waals surface area contributed by atoms with Crippen molar-refractivity contribution in [1.29, 1.82) is 0 Å². The van der Waals surface area contributed by atoms with Crippen LogP contribution in [-0.2, 0) is 4.79 Å². The van der Waals surface area contributed by atoms with Gasteiger partial charge in [-0.2, -0.15) is 0 Å². The fourth-order valence-electron chi connectivity index (χ4n) is 2.43. The predicted octanol–water partition coefficient (Wildman–Crippen LogP) is 4.32. The van der Waals surface area contributed by atoms with E-state index in [9.17, 15) is 9.59 Å². The topological polar surface area (TPSA) is 75.6 Å². The minimum Gasteiger partial charge on any atom is -0.483 e. The quantitative estimate of drug-likeness (QED) is 0.669. The van der Waals surface area contributed by atoms with E-state index in [0.717, 1.165) is 15.2 Å². The van der Waals surface area contributed by atoms with E-state index in [4.69, 9.17) is 9.84 Å². The average molecular weight is 400 g/mol. The molecule has 0 spiro atoms. The third-order valence-corrected chi connectivity index (χ3v) is 4.44. The maximum atomic E-state index is 12.1. The third kappa shape index (κ3) is 3.80. The second-order valence-electron chi connectivity index (χ2n) is 5.29. The number of benzene rings is 3. The first-order valence-corrected chi connectivity index (χ1v) is 8.28. The molecule has 6 heteroatoms. The molecule has 0 aliphatic heterocycles. The van der Waals surface area contributed by atoms with E-state index in [1.165, 1.54) is 12.1 Å². The van der Waals surface area contributed by atoms with Crippen LogP contribution in [0.3, 0.4) is 0 Å². The number of carboxylic acid groups (broad SMARTS) is 1. The lowest BCUT2D eigenvalue weighted by Crippen LogP contribution is -2.21. The summed E-state index contributed by atoms with van der Waals surface area (Å²) in [6, 6.07) is 17.7. The van der Waals surface area contributed by atoms with Crippen LogP contribution in [-0.4, -0.2) is 23.6 Å². The first kappa shape index (κ1) is 17.0. The van der Waals surface area contributed by atoms with Gasteiger partial charge in [-0.15, -0.1) is 0 Å². The summed E-state index contributed by atoms with van der Waals surface area (Å²) < 4.78 is 6.34. The number of amides is 1. The number of carbonyl (C=O) groups is 2. The number of hydrogen-bond donors (Lipinski definition) is 2.